The minimum Gasteiger partial charge on any atom is -0.336 e. The Bertz CT molecular complexity index is 529. The van der Waals surface area contributed by atoms with Crippen LogP contribution in [0.15, 0.2) is 35.9 Å². The van der Waals surface area contributed by atoms with Crippen molar-refractivity contribution in [3.05, 3.63) is 47.0 Å². The first-order valence-corrected chi connectivity index (χ1v) is 7.72. The number of benzene rings is 1. The van der Waals surface area contributed by atoms with Crippen molar-refractivity contribution in [1.29, 1.82) is 0 Å². The summed E-state index contributed by atoms with van der Waals surface area (Å²) in [6, 6.07) is 8.13. The first-order chi connectivity index (χ1) is 10.2. The third-order valence-corrected chi connectivity index (χ3v) is 4.24. The SMILES string of the molecule is CC1=CC(c2ccc(C(=O)N3CCNCC3)cc2)CNC1. The maximum absolute atomic E-state index is 12.4. The van der Waals surface area contributed by atoms with Gasteiger partial charge in [-0.15, -0.1) is 0 Å². The average Bonchev–Trinajstić information content (AvgIpc) is 2.55. The Kier molecular flexibility index (Phi) is 4.36. The molecule has 112 valence electrons. The van der Waals surface area contributed by atoms with Crippen LogP contribution in [0, 0.1) is 0 Å². The summed E-state index contributed by atoms with van der Waals surface area (Å²) in [7, 11) is 0. The maximum Gasteiger partial charge on any atom is 0.253 e. The molecule has 0 aliphatic carbocycles. The van der Waals surface area contributed by atoms with Crippen LogP contribution in [0.2, 0.25) is 0 Å². The monoisotopic (exact) mass is 285 g/mol. The van der Waals surface area contributed by atoms with Crippen LogP contribution in [0.5, 0.6) is 0 Å². The molecule has 1 unspecified atom stereocenters. The molecule has 1 aromatic rings. The van der Waals surface area contributed by atoms with Gasteiger partial charge in [0.1, 0.15) is 0 Å². The molecule has 1 fully saturated rings. The van der Waals surface area contributed by atoms with E-state index >= 15 is 0 Å². The lowest BCUT2D eigenvalue weighted by atomic mass is 9.93. The molecule has 3 rings (SSSR count). The zero-order valence-electron chi connectivity index (χ0n) is 12.6. The normalized spacial score (nSPS) is 22.8. The third kappa shape index (κ3) is 3.34. The number of amides is 1. The van der Waals surface area contributed by atoms with Crippen LogP contribution in [0.25, 0.3) is 0 Å². The summed E-state index contributed by atoms with van der Waals surface area (Å²) in [5.41, 5.74) is 3.45. The summed E-state index contributed by atoms with van der Waals surface area (Å²) in [5.74, 6) is 0.568. The lowest BCUT2D eigenvalue weighted by molar-refractivity contribution is 0.0736. The van der Waals surface area contributed by atoms with Gasteiger partial charge in [0.25, 0.3) is 5.91 Å². The van der Waals surface area contributed by atoms with Crippen molar-refractivity contribution in [2.45, 2.75) is 12.8 Å². The summed E-state index contributed by atoms with van der Waals surface area (Å²) < 4.78 is 0. The summed E-state index contributed by atoms with van der Waals surface area (Å²) in [6.45, 7) is 7.49. The summed E-state index contributed by atoms with van der Waals surface area (Å²) in [4.78, 5) is 14.3. The number of nitrogens with one attached hydrogen (secondary N) is 2. The molecule has 1 aromatic carbocycles. The van der Waals surface area contributed by atoms with Gasteiger partial charge in [0.05, 0.1) is 0 Å². The highest BCUT2D eigenvalue weighted by molar-refractivity contribution is 5.94. The lowest BCUT2D eigenvalue weighted by Crippen LogP contribution is -2.46. The zero-order valence-corrected chi connectivity index (χ0v) is 12.6. The highest BCUT2D eigenvalue weighted by atomic mass is 16.2. The standard InChI is InChI=1S/C17H23N3O/c1-13-10-16(12-19-11-13)14-2-4-15(5-3-14)17(21)20-8-6-18-7-9-20/h2-5,10,16,18-19H,6-9,11-12H2,1H3. The molecule has 0 aromatic heterocycles. The van der Waals surface area contributed by atoms with Crippen LogP contribution in [-0.4, -0.2) is 50.1 Å². The third-order valence-electron chi connectivity index (χ3n) is 4.24. The van der Waals surface area contributed by atoms with Crippen LogP contribution in [0.1, 0.15) is 28.8 Å². The van der Waals surface area contributed by atoms with Gasteiger partial charge in [-0.25, -0.2) is 0 Å². The predicted octanol–water partition coefficient (Wildman–Crippen LogP) is 1.37. The van der Waals surface area contributed by atoms with Gasteiger partial charge in [-0.2, -0.15) is 0 Å². The zero-order chi connectivity index (χ0) is 14.7. The number of rotatable bonds is 2. The fourth-order valence-electron chi connectivity index (χ4n) is 3.02. The number of carbonyl (C=O) groups excluding carboxylic acids is 1. The fourth-order valence-corrected chi connectivity index (χ4v) is 3.02. The van der Waals surface area contributed by atoms with Gasteiger partial charge in [-0.05, 0) is 24.6 Å². The van der Waals surface area contributed by atoms with E-state index in [9.17, 15) is 4.79 Å². The van der Waals surface area contributed by atoms with Crippen molar-refractivity contribution >= 4 is 5.91 Å². The number of carbonyl (C=O) groups is 1. The van der Waals surface area contributed by atoms with Crippen LogP contribution < -0.4 is 10.6 Å². The Morgan fingerprint density at radius 2 is 1.86 bits per heavy atom. The van der Waals surface area contributed by atoms with Gasteiger partial charge in [-0.1, -0.05) is 23.8 Å². The van der Waals surface area contributed by atoms with E-state index in [1.165, 1.54) is 11.1 Å². The molecule has 1 amide bonds. The minimum absolute atomic E-state index is 0.150. The Morgan fingerprint density at radius 3 is 2.52 bits per heavy atom. The van der Waals surface area contributed by atoms with Gasteiger partial charge >= 0.3 is 0 Å². The van der Waals surface area contributed by atoms with Crippen LogP contribution >= 0.6 is 0 Å². The summed E-state index contributed by atoms with van der Waals surface area (Å²) in [6.07, 6.45) is 2.32. The molecule has 4 heteroatoms. The first-order valence-electron chi connectivity index (χ1n) is 7.72. The van der Waals surface area contributed by atoms with Gasteiger partial charge in [0.15, 0.2) is 0 Å². The smallest absolute Gasteiger partial charge is 0.253 e. The van der Waals surface area contributed by atoms with Gasteiger partial charge < -0.3 is 15.5 Å². The summed E-state index contributed by atoms with van der Waals surface area (Å²) >= 11 is 0. The quantitative estimate of drug-likeness (QED) is 0.807. The van der Waals surface area contributed by atoms with Crippen LogP contribution in [0.4, 0.5) is 0 Å². The van der Waals surface area contributed by atoms with Crippen molar-refractivity contribution in [3.8, 4) is 0 Å². The number of piperazine rings is 1. The molecule has 1 saturated heterocycles. The highest BCUT2D eigenvalue weighted by Crippen LogP contribution is 2.21. The molecule has 2 aliphatic rings. The van der Waals surface area contributed by atoms with E-state index in [0.717, 1.165) is 44.8 Å². The van der Waals surface area contributed by atoms with Gasteiger partial charge in [0.2, 0.25) is 0 Å². The van der Waals surface area contributed by atoms with Crippen LogP contribution in [0.3, 0.4) is 0 Å². The van der Waals surface area contributed by atoms with Crippen LogP contribution in [-0.2, 0) is 0 Å². The molecule has 0 bridgehead atoms. The molecule has 2 N–H and O–H groups in total. The topological polar surface area (TPSA) is 44.4 Å². The average molecular weight is 285 g/mol. The van der Waals surface area contributed by atoms with Crippen molar-refractivity contribution in [2.75, 3.05) is 39.3 Å². The van der Waals surface area contributed by atoms with E-state index in [2.05, 4.69) is 35.8 Å². The molecule has 0 spiro atoms. The molecular formula is C17H23N3O. The molecule has 2 aliphatic heterocycles. The number of hydrogen-bond donors (Lipinski definition) is 2. The lowest BCUT2D eigenvalue weighted by Gasteiger charge is -2.27. The van der Waals surface area contributed by atoms with E-state index in [1.807, 2.05) is 17.0 Å². The molecule has 4 nitrogen and oxygen atoms in total. The molecule has 21 heavy (non-hydrogen) atoms. The Labute approximate surface area is 126 Å². The Balaban J connectivity index is 1.71. The van der Waals surface area contributed by atoms with Crippen molar-refractivity contribution in [2.24, 2.45) is 0 Å². The Morgan fingerprint density at radius 1 is 1.14 bits per heavy atom. The van der Waals surface area contributed by atoms with E-state index in [-0.39, 0.29) is 5.91 Å². The largest absolute Gasteiger partial charge is 0.336 e. The summed E-state index contributed by atoms with van der Waals surface area (Å²) in [5, 5.41) is 6.69. The number of hydrogen-bond acceptors (Lipinski definition) is 3. The van der Waals surface area contributed by atoms with Gasteiger partial charge in [-0.3, -0.25) is 4.79 Å². The van der Waals surface area contributed by atoms with Crippen molar-refractivity contribution in [1.82, 2.24) is 15.5 Å². The highest BCUT2D eigenvalue weighted by Gasteiger charge is 2.18. The molecule has 0 saturated carbocycles. The van der Waals surface area contributed by atoms with E-state index in [1.54, 1.807) is 0 Å². The van der Waals surface area contributed by atoms with Gasteiger partial charge in [0, 0.05) is 50.7 Å². The van der Waals surface area contributed by atoms with E-state index < -0.39 is 0 Å². The maximum atomic E-state index is 12.4. The fraction of sp³-hybridized carbons (Fsp3) is 0.471. The van der Waals surface area contributed by atoms with E-state index in [4.69, 9.17) is 0 Å². The first kappa shape index (κ1) is 14.3. The van der Waals surface area contributed by atoms with Crippen molar-refractivity contribution in [3.63, 3.8) is 0 Å². The Hall–Kier alpha value is -1.65. The second kappa shape index (κ2) is 6.41. The molecular weight excluding hydrogens is 262 g/mol. The molecule has 0 radical (unpaired) electrons. The minimum atomic E-state index is 0.150. The van der Waals surface area contributed by atoms with E-state index in [0.29, 0.717) is 5.92 Å². The predicted molar refractivity (Wildman–Crippen MR) is 84.6 cm³/mol. The number of nitrogens with zero attached hydrogens (tertiary/aromatic N) is 1. The second-order valence-corrected chi connectivity index (χ2v) is 5.91. The second-order valence-electron chi connectivity index (χ2n) is 5.91. The van der Waals surface area contributed by atoms with Crippen molar-refractivity contribution < 1.29 is 4.79 Å². The molecule has 2 heterocycles. The molecule has 1 atom stereocenters.